The molecule has 0 saturated carbocycles. The van der Waals surface area contributed by atoms with Gasteiger partial charge in [0.1, 0.15) is 11.6 Å². The van der Waals surface area contributed by atoms with Gasteiger partial charge in [0.2, 0.25) is 0 Å². The van der Waals surface area contributed by atoms with E-state index < -0.39 is 0 Å². The molecule has 0 unspecified atom stereocenters. The second-order valence-corrected chi connectivity index (χ2v) is 7.68. The molecular weight excluding hydrogens is 392 g/mol. The van der Waals surface area contributed by atoms with Crippen LogP contribution in [0.3, 0.4) is 0 Å². The summed E-state index contributed by atoms with van der Waals surface area (Å²) in [7, 11) is 3.67. The van der Waals surface area contributed by atoms with Gasteiger partial charge in [-0.1, -0.05) is 31.9 Å². The molecule has 2 rings (SSSR count). The lowest BCUT2D eigenvalue weighted by Crippen LogP contribution is -2.38. The molecule has 0 bridgehead atoms. The van der Waals surface area contributed by atoms with Gasteiger partial charge in [0.15, 0.2) is 11.8 Å². The Morgan fingerprint density at radius 1 is 1.10 bits per heavy atom. The van der Waals surface area contributed by atoms with Crippen molar-refractivity contribution in [1.29, 1.82) is 0 Å². The van der Waals surface area contributed by atoms with Gasteiger partial charge in [0.25, 0.3) is 0 Å². The monoisotopic (exact) mass is 430 g/mol. The van der Waals surface area contributed by atoms with Crippen molar-refractivity contribution in [3.8, 4) is 5.75 Å². The van der Waals surface area contributed by atoms with E-state index in [1.807, 2.05) is 18.5 Å². The van der Waals surface area contributed by atoms with Gasteiger partial charge in [0.05, 0.1) is 19.7 Å². The normalized spacial score (nSPS) is 11.6. The first-order chi connectivity index (χ1) is 15.0. The number of hydrogen-bond acceptors (Lipinski definition) is 5. The van der Waals surface area contributed by atoms with Crippen molar-refractivity contribution < 1.29 is 9.47 Å². The summed E-state index contributed by atoms with van der Waals surface area (Å²) < 4.78 is 13.2. The van der Waals surface area contributed by atoms with Crippen LogP contribution < -0.4 is 15.4 Å². The predicted molar refractivity (Wildman–Crippen MR) is 124 cm³/mol. The van der Waals surface area contributed by atoms with E-state index in [4.69, 9.17) is 14.5 Å². The maximum atomic E-state index is 6.07. The Morgan fingerprint density at radius 2 is 1.94 bits per heavy atom. The molecule has 2 aromatic rings. The molecule has 0 fully saturated rings. The highest BCUT2D eigenvalue weighted by atomic mass is 16.5. The van der Waals surface area contributed by atoms with Crippen LogP contribution in [0, 0.1) is 13.8 Å². The first-order valence-electron chi connectivity index (χ1n) is 11.1. The molecule has 0 spiro atoms. The molecule has 31 heavy (non-hydrogen) atoms. The highest BCUT2D eigenvalue weighted by Gasteiger charge is 2.08. The molecule has 0 aliphatic carbocycles. The SMILES string of the molecule is CCCCCOc1cc(C)ccc1CN=C(NCCCOC)NCc1nnc(C)n1C. The summed E-state index contributed by atoms with van der Waals surface area (Å²) in [5.74, 6) is 3.39. The number of rotatable bonds is 13. The van der Waals surface area contributed by atoms with Crippen molar-refractivity contribution in [2.45, 2.75) is 59.5 Å². The van der Waals surface area contributed by atoms with Crippen LogP contribution in [0.4, 0.5) is 0 Å². The third kappa shape index (κ3) is 8.57. The number of aryl methyl sites for hydroxylation is 2. The van der Waals surface area contributed by atoms with Crippen molar-refractivity contribution in [1.82, 2.24) is 25.4 Å². The van der Waals surface area contributed by atoms with Gasteiger partial charge in [0, 0.05) is 32.9 Å². The van der Waals surface area contributed by atoms with Crippen molar-refractivity contribution in [3.63, 3.8) is 0 Å². The summed E-state index contributed by atoms with van der Waals surface area (Å²) in [6, 6.07) is 6.30. The summed E-state index contributed by atoms with van der Waals surface area (Å²) in [6.07, 6.45) is 4.33. The highest BCUT2D eigenvalue weighted by Crippen LogP contribution is 2.21. The fourth-order valence-electron chi connectivity index (χ4n) is 2.99. The van der Waals surface area contributed by atoms with E-state index in [1.54, 1.807) is 7.11 Å². The largest absolute Gasteiger partial charge is 0.493 e. The van der Waals surface area contributed by atoms with Crippen LogP contribution in [0.5, 0.6) is 5.75 Å². The number of nitrogens with one attached hydrogen (secondary N) is 2. The average Bonchev–Trinajstić information content (AvgIpc) is 3.08. The van der Waals surface area contributed by atoms with Gasteiger partial charge in [-0.25, -0.2) is 4.99 Å². The molecule has 1 heterocycles. The van der Waals surface area contributed by atoms with Crippen LogP contribution in [-0.4, -0.2) is 47.6 Å². The zero-order valence-electron chi connectivity index (χ0n) is 19.7. The van der Waals surface area contributed by atoms with Crippen LogP contribution in [0.25, 0.3) is 0 Å². The number of benzene rings is 1. The van der Waals surface area contributed by atoms with Gasteiger partial charge >= 0.3 is 0 Å². The molecule has 1 aromatic heterocycles. The minimum absolute atomic E-state index is 0.529. The fourth-order valence-corrected chi connectivity index (χ4v) is 2.99. The third-order valence-electron chi connectivity index (χ3n) is 5.05. The van der Waals surface area contributed by atoms with E-state index >= 15 is 0 Å². The molecule has 172 valence electrons. The van der Waals surface area contributed by atoms with Crippen molar-refractivity contribution in [3.05, 3.63) is 41.0 Å². The van der Waals surface area contributed by atoms with Crippen LogP contribution in [0.2, 0.25) is 0 Å². The van der Waals surface area contributed by atoms with Crippen molar-refractivity contribution in [2.24, 2.45) is 12.0 Å². The maximum Gasteiger partial charge on any atom is 0.191 e. The van der Waals surface area contributed by atoms with E-state index in [-0.39, 0.29) is 0 Å². The standard InChI is InChI=1S/C23H38N6O2/c1-6-7-8-14-31-21-15-18(2)10-11-20(21)16-25-23(24-12-9-13-30-5)26-17-22-28-27-19(3)29(22)4/h10-11,15H,6-9,12-14,16-17H2,1-5H3,(H2,24,25,26). The summed E-state index contributed by atoms with van der Waals surface area (Å²) in [5.41, 5.74) is 2.27. The minimum Gasteiger partial charge on any atom is -0.493 e. The number of ether oxygens (including phenoxy) is 2. The smallest absolute Gasteiger partial charge is 0.191 e. The molecule has 2 N–H and O–H groups in total. The van der Waals surface area contributed by atoms with Gasteiger partial charge in [-0.2, -0.15) is 0 Å². The molecule has 8 heteroatoms. The summed E-state index contributed by atoms with van der Waals surface area (Å²) in [5, 5.41) is 15.1. The second-order valence-electron chi connectivity index (χ2n) is 7.68. The minimum atomic E-state index is 0.529. The Hall–Kier alpha value is -2.61. The van der Waals surface area contributed by atoms with Gasteiger partial charge < -0.3 is 24.7 Å². The van der Waals surface area contributed by atoms with Crippen LogP contribution in [0.15, 0.2) is 23.2 Å². The zero-order valence-corrected chi connectivity index (χ0v) is 19.7. The number of methoxy groups -OCH3 is 1. The highest BCUT2D eigenvalue weighted by molar-refractivity contribution is 5.79. The Balaban J connectivity index is 2.06. The molecular formula is C23H38N6O2. The molecule has 0 aliphatic rings. The second kappa shape index (κ2) is 13.6. The Kier molecular flexibility index (Phi) is 10.9. The fraction of sp³-hybridized carbons (Fsp3) is 0.609. The van der Waals surface area contributed by atoms with E-state index in [1.165, 1.54) is 18.4 Å². The number of nitrogens with zero attached hydrogens (tertiary/aromatic N) is 4. The van der Waals surface area contributed by atoms with Crippen LogP contribution in [-0.2, 0) is 24.9 Å². The first-order valence-corrected chi connectivity index (χ1v) is 11.1. The van der Waals surface area contributed by atoms with Crippen molar-refractivity contribution >= 4 is 5.96 Å². The van der Waals surface area contributed by atoms with E-state index in [9.17, 15) is 0 Å². The molecule has 0 amide bonds. The average molecular weight is 431 g/mol. The van der Waals surface area contributed by atoms with Crippen LogP contribution in [0.1, 0.15) is 55.4 Å². The van der Waals surface area contributed by atoms with Crippen molar-refractivity contribution in [2.75, 3.05) is 26.9 Å². The summed E-state index contributed by atoms with van der Waals surface area (Å²) in [4.78, 5) is 4.79. The molecule has 8 nitrogen and oxygen atoms in total. The first kappa shape index (κ1) is 24.7. The quantitative estimate of drug-likeness (QED) is 0.288. The van der Waals surface area contributed by atoms with Gasteiger partial charge in [-0.05, 0) is 38.3 Å². The number of guanidine groups is 1. The topological polar surface area (TPSA) is 85.6 Å². The molecule has 0 aliphatic heterocycles. The third-order valence-corrected chi connectivity index (χ3v) is 5.05. The molecule has 1 aromatic carbocycles. The Labute approximate surface area is 186 Å². The lowest BCUT2D eigenvalue weighted by atomic mass is 10.1. The lowest BCUT2D eigenvalue weighted by molar-refractivity contribution is 0.195. The summed E-state index contributed by atoms with van der Waals surface area (Å²) >= 11 is 0. The molecule has 0 radical (unpaired) electrons. The van der Waals surface area contributed by atoms with Gasteiger partial charge in [-0.15, -0.1) is 10.2 Å². The van der Waals surface area contributed by atoms with Gasteiger partial charge in [-0.3, -0.25) is 0 Å². The number of hydrogen-bond donors (Lipinski definition) is 2. The number of aliphatic imine (C=N–C) groups is 1. The zero-order chi connectivity index (χ0) is 22.5. The lowest BCUT2D eigenvalue weighted by Gasteiger charge is -2.14. The Bertz CT molecular complexity index is 818. The van der Waals surface area contributed by atoms with Crippen LogP contribution >= 0.6 is 0 Å². The maximum absolute atomic E-state index is 6.07. The number of aromatic nitrogens is 3. The van der Waals surface area contributed by atoms with E-state index in [0.29, 0.717) is 19.7 Å². The number of unbranched alkanes of at least 4 members (excludes halogenated alkanes) is 2. The molecule has 0 atom stereocenters. The predicted octanol–water partition coefficient (Wildman–Crippen LogP) is 3.27. The van der Waals surface area contributed by atoms with E-state index in [0.717, 1.165) is 54.9 Å². The molecule has 0 saturated heterocycles. The summed E-state index contributed by atoms with van der Waals surface area (Å²) in [6.45, 7) is 9.50. The Morgan fingerprint density at radius 3 is 2.65 bits per heavy atom. The van der Waals surface area contributed by atoms with E-state index in [2.05, 4.69) is 52.9 Å².